The summed E-state index contributed by atoms with van der Waals surface area (Å²) >= 11 is 0. The van der Waals surface area contributed by atoms with Gasteiger partial charge in [-0.05, 0) is 140 Å². The van der Waals surface area contributed by atoms with Crippen LogP contribution >= 0.6 is 0 Å². The van der Waals surface area contributed by atoms with Crippen molar-refractivity contribution in [2.75, 3.05) is 4.90 Å². The minimum Gasteiger partial charge on any atom is -0.310 e. The first-order valence-corrected chi connectivity index (χ1v) is 21.6. The summed E-state index contributed by atoms with van der Waals surface area (Å²) in [4.78, 5) is 2.44. The summed E-state index contributed by atoms with van der Waals surface area (Å²) in [6.07, 6.45) is 6.75. The highest BCUT2D eigenvalue weighted by Crippen LogP contribution is 2.43. The van der Waals surface area contributed by atoms with Crippen LogP contribution in [0.15, 0.2) is 224 Å². The molecule has 2 heteroatoms. The molecular weight excluding hydrogens is 749 g/mol. The predicted molar refractivity (Wildman–Crippen MR) is 264 cm³/mol. The second-order valence-corrected chi connectivity index (χ2v) is 16.4. The van der Waals surface area contributed by atoms with Gasteiger partial charge in [-0.3, -0.25) is 0 Å². The molecule has 0 radical (unpaired) electrons. The van der Waals surface area contributed by atoms with Crippen molar-refractivity contribution < 1.29 is 0 Å². The van der Waals surface area contributed by atoms with Crippen LogP contribution in [-0.2, 0) is 6.42 Å². The van der Waals surface area contributed by atoms with Crippen LogP contribution in [0.1, 0.15) is 17.5 Å². The molecule has 0 fully saturated rings. The zero-order chi connectivity index (χ0) is 41.0. The SMILES string of the molecule is C1=Cc2c(cccc2N(c2ccc(-c3ccc4c(ccc5ccccc54)c3)cc2)c2cccc(-c3cccc(-c4cccc5c4c4ccccc4n5-c4ccccc4)c3)c2)CC1. The maximum absolute atomic E-state index is 2.44. The van der Waals surface area contributed by atoms with Gasteiger partial charge < -0.3 is 9.47 Å². The van der Waals surface area contributed by atoms with Crippen LogP contribution < -0.4 is 4.90 Å². The normalized spacial score (nSPS) is 12.3. The number of fused-ring (bicyclic) bond motifs is 7. The van der Waals surface area contributed by atoms with Crippen LogP contribution in [0.4, 0.5) is 17.1 Å². The van der Waals surface area contributed by atoms with Gasteiger partial charge in [-0.1, -0.05) is 164 Å². The molecule has 0 saturated heterocycles. The van der Waals surface area contributed by atoms with E-state index in [1.165, 1.54) is 99.2 Å². The molecule has 0 bridgehead atoms. The van der Waals surface area contributed by atoms with E-state index in [9.17, 15) is 0 Å². The molecule has 1 heterocycles. The summed E-state index contributed by atoms with van der Waals surface area (Å²) < 4.78 is 2.39. The van der Waals surface area contributed by atoms with Crippen LogP contribution in [0.5, 0.6) is 0 Å². The maximum atomic E-state index is 2.44. The molecular formula is C60H42N2. The van der Waals surface area contributed by atoms with Crippen molar-refractivity contribution in [2.24, 2.45) is 0 Å². The van der Waals surface area contributed by atoms with E-state index in [1.54, 1.807) is 0 Å². The fourth-order valence-corrected chi connectivity index (χ4v) is 9.87. The smallest absolute Gasteiger partial charge is 0.0547 e. The molecule has 0 atom stereocenters. The van der Waals surface area contributed by atoms with Crippen LogP contribution in [0.3, 0.4) is 0 Å². The van der Waals surface area contributed by atoms with Gasteiger partial charge in [0, 0.05) is 33.4 Å². The van der Waals surface area contributed by atoms with Gasteiger partial charge in [-0.2, -0.15) is 0 Å². The van der Waals surface area contributed by atoms with Gasteiger partial charge in [-0.25, -0.2) is 0 Å². The average Bonchev–Trinajstić information content (AvgIpc) is 3.69. The number of aromatic nitrogens is 1. The Morgan fingerprint density at radius 3 is 1.98 bits per heavy atom. The fourth-order valence-electron chi connectivity index (χ4n) is 9.87. The molecule has 2 nitrogen and oxygen atoms in total. The van der Waals surface area contributed by atoms with Crippen molar-refractivity contribution in [1.82, 2.24) is 4.57 Å². The highest BCUT2D eigenvalue weighted by Gasteiger charge is 2.20. The van der Waals surface area contributed by atoms with E-state index >= 15 is 0 Å². The molecule has 0 unspecified atom stereocenters. The van der Waals surface area contributed by atoms with E-state index < -0.39 is 0 Å². The van der Waals surface area contributed by atoms with Crippen LogP contribution in [-0.4, -0.2) is 4.57 Å². The lowest BCUT2D eigenvalue weighted by Gasteiger charge is -2.29. The van der Waals surface area contributed by atoms with Crippen LogP contribution in [0.2, 0.25) is 0 Å². The number of hydrogen-bond donors (Lipinski definition) is 0. The molecule has 62 heavy (non-hydrogen) atoms. The number of para-hydroxylation sites is 2. The third-order valence-corrected chi connectivity index (χ3v) is 12.8. The maximum Gasteiger partial charge on any atom is 0.0547 e. The molecule has 0 aliphatic heterocycles. The number of hydrogen-bond acceptors (Lipinski definition) is 1. The first-order valence-electron chi connectivity index (χ1n) is 21.6. The number of aryl methyl sites for hydroxylation is 1. The molecule has 1 aliphatic rings. The Kier molecular flexibility index (Phi) is 8.67. The van der Waals surface area contributed by atoms with Crippen LogP contribution in [0, 0.1) is 0 Å². The van der Waals surface area contributed by atoms with E-state index in [0.717, 1.165) is 24.2 Å². The number of anilines is 3. The van der Waals surface area contributed by atoms with E-state index in [4.69, 9.17) is 0 Å². The van der Waals surface area contributed by atoms with E-state index in [-0.39, 0.29) is 0 Å². The molecule has 12 rings (SSSR count). The summed E-state index contributed by atoms with van der Waals surface area (Å²) in [6.45, 7) is 0. The highest BCUT2D eigenvalue weighted by molar-refractivity contribution is 6.16. The van der Waals surface area contributed by atoms with Gasteiger partial charge in [0.15, 0.2) is 0 Å². The van der Waals surface area contributed by atoms with Crippen molar-refractivity contribution in [2.45, 2.75) is 12.8 Å². The second kappa shape index (κ2) is 15.0. The largest absolute Gasteiger partial charge is 0.310 e. The van der Waals surface area contributed by atoms with E-state index in [1.807, 2.05) is 0 Å². The number of benzene rings is 10. The second-order valence-electron chi connectivity index (χ2n) is 16.4. The third-order valence-electron chi connectivity index (χ3n) is 12.8. The Balaban J connectivity index is 0.952. The average molecular weight is 791 g/mol. The summed E-state index contributed by atoms with van der Waals surface area (Å²) in [5.74, 6) is 0. The molecule has 0 saturated carbocycles. The predicted octanol–water partition coefficient (Wildman–Crippen LogP) is 16.5. The standard InChI is InChI=1S/C60H42N2/c1-2-20-49(21-3-1)62-58-27-9-8-25-56(58)60-55(26-13-29-59(60)62)47-19-10-17-44(38-47)45-18-11-22-51(40-45)61(57-28-12-16-42-14-5-7-24-54(42)57)50-35-32-41(33-36-50)46-34-37-53-48(39-46)31-30-43-15-4-6-23-52(43)53/h1-4,6-13,15-40H,5,14H2. The minimum atomic E-state index is 1.05. The Labute approximate surface area is 361 Å². The van der Waals surface area contributed by atoms with Crippen molar-refractivity contribution in [3.8, 4) is 39.1 Å². The van der Waals surface area contributed by atoms with Gasteiger partial charge in [0.2, 0.25) is 0 Å². The summed E-state index contributed by atoms with van der Waals surface area (Å²) in [6, 6.07) is 80.2. The number of allylic oxidation sites excluding steroid dienone is 1. The lowest BCUT2D eigenvalue weighted by Crippen LogP contribution is -2.13. The summed E-state index contributed by atoms with van der Waals surface area (Å²) in [5.41, 5.74) is 16.9. The first-order chi connectivity index (χ1) is 30.7. The fraction of sp³-hybridized carbons (Fsp3) is 0.0333. The monoisotopic (exact) mass is 790 g/mol. The molecule has 1 aromatic heterocycles. The minimum absolute atomic E-state index is 1.05. The summed E-state index contributed by atoms with van der Waals surface area (Å²) in [7, 11) is 0. The highest BCUT2D eigenvalue weighted by atomic mass is 15.1. The Bertz CT molecular complexity index is 3520. The zero-order valence-corrected chi connectivity index (χ0v) is 34.2. The van der Waals surface area contributed by atoms with Gasteiger partial charge in [0.1, 0.15) is 0 Å². The number of rotatable bonds is 7. The van der Waals surface area contributed by atoms with E-state index in [0.29, 0.717) is 0 Å². The molecule has 0 amide bonds. The van der Waals surface area contributed by atoms with Gasteiger partial charge in [-0.15, -0.1) is 0 Å². The molecule has 0 spiro atoms. The molecule has 0 N–H and O–H groups in total. The van der Waals surface area contributed by atoms with Crippen molar-refractivity contribution in [1.29, 1.82) is 0 Å². The van der Waals surface area contributed by atoms with Gasteiger partial charge in [0.25, 0.3) is 0 Å². The lowest BCUT2D eigenvalue weighted by atomic mass is 9.94. The van der Waals surface area contributed by atoms with Gasteiger partial charge in [0.05, 0.1) is 16.7 Å². The Morgan fingerprint density at radius 2 is 1.08 bits per heavy atom. The van der Waals surface area contributed by atoms with Crippen LogP contribution in [0.25, 0.3) is 88.5 Å². The first kappa shape index (κ1) is 36.0. The Hall–Kier alpha value is -7.94. The molecule has 10 aromatic carbocycles. The topological polar surface area (TPSA) is 8.17 Å². The summed E-state index contributed by atoms with van der Waals surface area (Å²) in [5, 5.41) is 7.63. The quantitative estimate of drug-likeness (QED) is 0.146. The lowest BCUT2D eigenvalue weighted by molar-refractivity contribution is 0.984. The van der Waals surface area contributed by atoms with Crippen molar-refractivity contribution in [3.63, 3.8) is 0 Å². The molecule has 11 aromatic rings. The third kappa shape index (κ3) is 6.11. The molecule has 292 valence electrons. The van der Waals surface area contributed by atoms with E-state index in [2.05, 4.69) is 240 Å². The van der Waals surface area contributed by atoms with Crippen molar-refractivity contribution in [3.05, 3.63) is 236 Å². The molecule has 1 aliphatic carbocycles. The Morgan fingerprint density at radius 1 is 0.403 bits per heavy atom. The van der Waals surface area contributed by atoms with Crippen molar-refractivity contribution >= 4 is 66.5 Å². The number of nitrogens with zero attached hydrogens (tertiary/aromatic N) is 2. The zero-order valence-electron chi connectivity index (χ0n) is 34.2. The van der Waals surface area contributed by atoms with Gasteiger partial charge >= 0.3 is 0 Å².